The normalized spacial score (nSPS) is 24.4. The SMILES string of the molecule is CC(C)NC(=O)Nc1ccc(C(=O)N2C(C(=O)O)CC3CCCCC32)cc1. The predicted octanol–water partition coefficient (Wildman–Crippen LogP) is 3.07. The lowest BCUT2D eigenvalue weighted by molar-refractivity contribution is -0.141. The quantitative estimate of drug-likeness (QED) is 0.755. The molecule has 2 fully saturated rings. The second-order valence-electron chi connectivity index (χ2n) is 7.74. The van der Waals surface area contributed by atoms with E-state index in [1.807, 2.05) is 13.8 Å². The summed E-state index contributed by atoms with van der Waals surface area (Å²) in [5.41, 5.74) is 1.03. The minimum Gasteiger partial charge on any atom is -0.480 e. The summed E-state index contributed by atoms with van der Waals surface area (Å²) < 4.78 is 0. The van der Waals surface area contributed by atoms with Crippen LogP contribution in [0.5, 0.6) is 0 Å². The summed E-state index contributed by atoms with van der Waals surface area (Å²) in [6, 6.07) is 5.60. The van der Waals surface area contributed by atoms with Gasteiger partial charge in [-0.3, -0.25) is 4.79 Å². The Hall–Kier alpha value is -2.57. The molecule has 1 aliphatic carbocycles. The average molecular weight is 373 g/mol. The van der Waals surface area contributed by atoms with Gasteiger partial charge in [0.05, 0.1) is 0 Å². The van der Waals surface area contributed by atoms with E-state index >= 15 is 0 Å². The summed E-state index contributed by atoms with van der Waals surface area (Å²) in [4.78, 5) is 38.1. The highest BCUT2D eigenvalue weighted by Crippen LogP contribution is 2.40. The zero-order valence-corrected chi connectivity index (χ0v) is 15.8. The zero-order chi connectivity index (χ0) is 19.6. The molecule has 1 saturated carbocycles. The van der Waals surface area contributed by atoms with Gasteiger partial charge in [0.15, 0.2) is 0 Å². The van der Waals surface area contributed by atoms with Crippen molar-refractivity contribution in [3.63, 3.8) is 0 Å². The summed E-state index contributed by atoms with van der Waals surface area (Å²) in [6.07, 6.45) is 4.54. The summed E-state index contributed by atoms with van der Waals surface area (Å²) >= 11 is 0. The van der Waals surface area contributed by atoms with Gasteiger partial charge in [-0.1, -0.05) is 12.8 Å². The van der Waals surface area contributed by atoms with Gasteiger partial charge in [0.1, 0.15) is 6.04 Å². The van der Waals surface area contributed by atoms with Crippen molar-refractivity contribution in [2.45, 2.75) is 64.1 Å². The molecule has 1 aromatic rings. The molecule has 3 atom stereocenters. The van der Waals surface area contributed by atoms with E-state index in [1.165, 1.54) is 0 Å². The predicted molar refractivity (Wildman–Crippen MR) is 102 cm³/mol. The first-order chi connectivity index (χ1) is 12.9. The maximum atomic E-state index is 13.1. The Morgan fingerprint density at radius 2 is 1.78 bits per heavy atom. The molecule has 1 aromatic carbocycles. The Balaban J connectivity index is 1.74. The van der Waals surface area contributed by atoms with Crippen LogP contribution in [-0.2, 0) is 4.79 Å². The second kappa shape index (κ2) is 7.98. The summed E-state index contributed by atoms with van der Waals surface area (Å²) in [7, 11) is 0. The molecule has 7 heteroatoms. The average Bonchev–Trinajstić information content (AvgIpc) is 3.01. The van der Waals surface area contributed by atoms with Crippen molar-refractivity contribution >= 4 is 23.6 Å². The molecular weight excluding hydrogens is 346 g/mol. The number of hydrogen-bond donors (Lipinski definition) is 3. The van der Waals surface area contributed by atoms with Crippen molar-refractivity contribution in [3.05, 3.63) is 29.8 Å². The lowest BCUT2D eigenvalue weighted by atomic mass is 9.84. The molecule has 3 N–H and O–H groups in total. The molecule has 0 aromatic heterocycles. The lowest BCUT2D eigenvalue weighted by Gasteiger charge is -2.33. The number of carboxylic acids is 1. The van der Waals surface area contributed by atoms with E-state index in [1.54, 1.807) is 29.2 Å². The molecule has 1 heterocycles. The molecule has 3 rings (SSSR count). The van der Waals surface area contributed by atoms with Crippen LogP contribution in [-0.4, -0.2) is 46.0 Å². The van der Waals surface area contributed by atoms with Crippen LogP contribution in [0.1, 0.15) is 56.3 Å². The number of urea groups is 1. The fourth-order valence-electron chi connectivity index (χ4n) is 4.25. The fraction of sp³-hybridized carbons (Fsp3) is 0.550. The first kappa shape index (κ1) is 19.2. The smallest absolute Gasteiger partial charge is 0.326 e. The Kier molecular flexibility index (Phi) is 5.68. The van der Waals surface area contributed by atoms with Gasteiger partial charge in [-0.05, 0) is 63.3 Å². The Morgan fingerprint density at radius 3 is 2.41 bits per heavy atom. The Morgan fingerprint density at radius 1 is 1.11 bits per heavy atom. The Bertz CT molecular complexity index is 716. The van der Waals surface area contributed by atoms with Crippen LogP contribution in [0.25, 0.3) is 0 Å². The van der Waals surface area contributed by atoms with E-state index in [2.05, 4.69) is 10.6 Å². The minimum absolute atomic E-state index is 0.0157. The number of likely N-dealkylation sites (tertiary alicyclic amines) is 1. The van der Waals surface area contributed by atoms with E-state index in [-0.39, 0.29) is 29.9 Å². The van der Waals surface area contributed by atoms with Gasteiger partial charge >= 0.3 is 12.0 Å². The number of carbonyl (C=O) groups excluding carboxylic acids is 2. The Labute approximate surface area is 159 Å². The largest absolute Gasteiger partial charge is 0.480 e. The van der Waals surface area contributed by atoms with Gasteiger partial charge in [0, 0.05) is 23.3 Å². The van der Waals surface area contributed by atoms with Crippen molar-refractivity contribution < 1.29 is 19.5 Å². The molecule has 1 aliphatic heterocycles. The van der Waals surface area contributed by atoms with Crippen LogP contribution in [0, 0.1) is 5.92 Å². The fourth-order valence-corrected chi connectivity index (χ4v) is 4.25. The number of rotatable bonds is 4. The lowest BCUT2D eigenvalue weighted by Crippen LogP contribution is -2.46. The van der Waals surface area contributed by atoms with Gasteiger partial charge < -0.3 is 20.6 Å². The molecule has 27 heavy (non-hydrogen) atoms. The highest BCUT2D eigenvalue weighted by atomic mass is 16.4. The number of hydrogen-bond acceptors (Lipinski definition) is 3. The van der Waals surface area contributed by atoms with Crippen molar-refractivity contribution in [1.82, 2.24) is 10.2 Å². The van der Waals surface area contributed by atoms with Crippen molar-refractivity contribution in [2.75, 3.05) is 5.32 Å². The number of amides is 3. The van der Waals surface area contributed by atoms with Crippen LogP contribution in [0.4, 0.5) is 10.5 Å². The highest BCUT2D eigenvalue weighted by molar-refractivity contribution is 5.98. The number of benzene rings is 1. The number of nitrogens with zero attached hydrogens (tertiary/aromatic N) is 1. The van der Waals surface area contributed by atoms with Crippen LogP contribution < -0.4 is 10.6 Å². The van der Waals surface area contributed by atoms with Gasteiger partial charge in [-0.2, -0.15) is 0 Å². The molecule has 1 saturated heterocycles. The summed E-state index contributed by atoms with van der Waals surface area (Å²) in [6.45, 7) is 3.74. The molecule has 7 nitrogen and oxygen atoms in total. The van der Waals surface area contributed by atoms with Gasteiger partial charge in [-0.25, -0.2) is 9.59 Å². The van der Waals surface area contributed by atoms with Crippen molar-refractivity contribution in [3.8, 4) is 0 Å². The second-order valence-corrected chi connectivity index (χ2v) is 7.74. The third kappa shape index (κ3) is 4.23. The standard InChI is InChI=1S/C20H27N3O4/c1-12(2)21-20(27)22-15-9-7-13(8-10-15)18(24)23-16-6-4-3-5-14(16)11-17(23)19(25)26/h7-10,12,14,16-17H,3-6,11H2,1-2H3,(H,25,26)(H2,21,22,27). The molecule has 3 amide bonds. The molecule has 0 spiro atoms. The van der Waals surface area contributed by atoms with Gasteiger partial charge in [-0.15, -0.1) is 0 Å². The number of carbonyl (C=O) groups is 3. The van der Waals surface area contributed by atoms with Crippen LogP contribution in [0.3, 0.4) is 0 Å². The van der Waals surface area contributed by atoms with E-state index in [9.17, 15) is 19.5 Å². The van der Waals surface area contributed by atoms with E-state index in [4.69, 9.17) is 0 Å². The van der Waals surface area contributed by atoms with Crippen LogP contribution in [0.2, 0.25) is 0 Å². The van der Waals surface area contributed by atoms with Gasteiger partial charge in [0.2, 0.25) is 0 Å². The summed E-state index contributed by atoms with van der Waals surface area (Å²) in [5.74, 6) is -0.888. The number of anilines is 1. The molecular formula is C20H27N3O4. The maximum absolute atomic E-state index is 13.1. The maximum Gasteiger partial charge on any atom is 0.326 e. The molecule has 0 bridgehead atoms. The third-order valence-electron chi connectivity index (χ3n) is 5.42. The topological polar surface area (TPSA) is 98.7 Å². The van der Waals surface area contributed by atoms with Crippen LogP contribution >= 0.6 is 0 Å². The summed E-state index contributed by atoms with van der Waals surface area (Å²) in [5, 5.41) is 15.0. The molecule has 3 unspecified atom stereocenters. The number of nitrogens with one attached hydrogen (secondary N) is 2. The number of carboxylic acid groups (broad SMARTS) is 1. The van der Waals surface area contributed by atoms with Gasteiger partial charge in [0.25, 0.3) is 5.91 Å². The monoisotopic (exact) mass is 373 g/mol. The first-order valence-corrected chi connectivity index (χ1v) is 9.60. The third-order valence-corrected chi connectivity index (χ3v) is 5.42. The van der Waals surface area contributed by atoms with Crippen molar-refractivity contribution in [2.24, 2.45) is 5.92 Å². The minimum atomic E-state index is -0.929. The zero-order valence-electron chi connectivity index (χ0n) is 15.8. The highest BCUT2D eigenvalue weighted by Gasteiger charge is 2.47. The van der Waals surface area contributed by atoms with Crippen LogP contribution in [0.15, 0.2) is 24.3 Å². The first-order valence-electron chi connectivity index (χ1n) is 9.60. The van der Waals surface area contributed by atoms with Crippen molar-refractivity contribution in [1.29, 1.82) is 0 Å². The molecule has 0 radical (unpaired) electrons. The molecule has 2 aliphatic rings. The number of aliphatic carboxylic acids is 1. The van der Waals surface area contributed by atoms with E-state index in [0.717, 1.165) is 25.7 Å². The number of fused-ring (bicyclic) bond motifs is 1. The van der Waals surface area contributed by atoms with E-state index in [0.29, 0.717) is 17.7 Å². The van der Waals surface area contributed by atoms with E-state index < -0.39 is 12.0 Å². The molecule has 146 valence electrons.